The third kappa shape index (κ3) is 6.26. The molecule has 2 aromatic rings. The molecule has 0 spiro atoms. The number of rotatable bonds is 10. The molecule has 0 atom stereocenters. The number of benzene rings is 2. The van der Waals surface area contributed by atoms with Crippen LogP contribution in [0.5, 0.6) is 17.2 Å². The van der Waals surface area contributed by atoms with E-state index in [2.05, 4.69) is 29.2 Å². The smallest absolute Gasteiger partial charge is 0.254 e. The zero-order valence-corrected chi connectivity index (χ0v) is 19.4. The summed E-state index contributed by atoms with van der Waals surface area (Å²) in [5, 5.41) is 0. The molecule has 0 aliphatic carbocycles. The van der Waals surface area contributed by atoms with E-state index in [9.17, 15) is 4.79 Å². The molecule has 6 heteroatoms. The highest BCUT2D eigenvalue weighted by Gasteiger charge is 2.24. The van der Waals surface area contributed by atoms with E-state index in [1.807, 2.05) is 43.9 Å². The average molecular weight is 439 g/mol. The summed E-state index contributed by atoms with van der Waals surface area (Å²) in [5.41, 5.74) is 1.77. The number of hydrogen-bond acceptors (Lipinski definition) is 5. The number of carbonyl (C=O) groups excluding carboxylic acids is 1. The van der Waals surface area contributed by atoms with E-state index >= 15 is 0 Å². The lowest BCUT2D eigenvalue weighted by molar-refractivity contribution is 0.0649. The van der Waals surface area contributed by atoms with Crippen LogP contribution in [0.15, 0.2) is 48.5 Å². The first-order valence-electron chi connectivity index (χ1n) is 11.5. The fourth-order valence-electron chi connectivity index (χ4n) is 3.73. The SMILES string of the molecule is CCOc1cc(C(=O)N2CCN(C/C=C\c3ccccc3)CC2)cc(OCC)c1OCC. The van der Waals surface area contributed by atoms with E-state index in [0.29, 0.717) is 55.7 Å². The number of hydrogen-bond donors (Lipinski definition) is 0. The van der Waals surface area contributed by atoms with Gasteiger partial charge in [-0.25, -0.2) is 0 Å². The first-order valence-corrected chi connectivity index (χ1v) is 11.5. The first-order chi connectivity index (χ1) is 15.7. The Hall–Kier alpha value is -2.99. The topological polar surface area (TPSA) is 51.2 Å². The van der Waals surface area contributed by atoms with Gasteiger partial charge in [0.05, 0.1) is 19.8 Å². The number of amides is 1. The fourth-order valence-corrected chi connectivity index (χ4v) is 3.73. The largest absolute Gasteiger partial charge is 0.490 e. The molecule has 0 unspecified atom stereocenters. The van der Waals surface area contributed by atoms with Gasteiger partial charge in [-0.3, -0.25) is 9.69 Å². The quantitative estimate of drug-likeness (QED) is 0.552. The van der Waals surface area contributed by atoms with Crippen LogP contribution >= 0.6 is 0 Å². The third-order valence-corrected chi connectivity index (χ3v) is 5.29. The minimum absolute atomic E-state index is 0.00516. The Morgan fingerprint density at radius 1 is 0.875 bits per heavy atom. The highest BCUT2D eigenvalue weighted by Crippen LogP contribution is 2.39. The minimum Gasteiger partial charge on any atom is -0.490 e. The average Bonchev–Trinajstić information content (AvgIpc) is 2.82. The maximum atomic E-state index is 13.2. The van der Waals surface area contributed by atoms with Crippen LogP contribution in [0.25, 0.3) is 6.08 Å². The van der Waals surface area contributed by atoms with Gasteiger partial charge >= 0.3 is 0 Å². The summed E-state index contributed by atoms with van der Waals surface area (Å²) >= 11 is 0. The molecule has 1 heterocycles. The molecule has 0 saturated carbocycles. The molecule has 3 rings (SSSR count). The summed E-state index contributed by atoms with van der Waals surface area (Å²) in [6.07, 6.45) is 4.32. The van der Waals surface area contributed by atoms with Crippen LogP contribution in [0, 0.1) is 0 Å². The Morgan fingerprint density at radius 2 is 1.47 bits per heavy atom. The predicted octanol–water partition coefficient (Wildman–Crippen LogP) is 4.35. The molecule has 1 amide bonds. The maximum absolute atomic E-state index is 13.2. The normalized spacial score (nSPS) is 14.5. The van der Waals surface area contributed by atoms with E-state index in [4.69, 9.17) is 14.2 Å². The lowest BCUT2D eigenvalue weighted by Crippen LogP contribution is -2.48. The predicted molar refractivity (Wildman–Crippen MR) is 128 cm³/mol. The van der Waals surface area contributed by atoms with E-state index < -0.39 is 0 Å². The molecule has 0 aromatic heterocycles. The molecule has 2 aromatic carbocycles. The monoisotopic (exact) mass is 438 g/mol. The van der Waals surface area contributed by atoms with Crippen molar-refractivity contribution in [3.63, 3.8) is 0 Å². The van der Waals surface area contributed by atoms with Crippen molar-refractivity contribution in [1.82, 2.24) is 9.80 Å². The minimum atomic E-state index is -0.00516. The van der Waals surface area contributed by atoms with E-state index in [0.717, 1.165) is 19.6 Å². The molecule has 1 fully saturated rings. The van der Waals surface area contributed by atoms with Gasteiger partial charge in [-0.2, -0.15) is 0 Å². The summed E-state index contributed by atoms with van der Waals surface area (Å²) in [6, 6.07) is 13.8. The molecule has 0 bridgehead atoms. The maximum Gasteiger partial charge on any atom is 0.254 e. The zero-order valence-electron chi connectivity index (χ0n) is 19.4. The second-order valence-electron chi connectivity index (χ2n) is 7.51. The summed E-state index contributed by atoms with van der Waals surface area (Å²) in [7, 11) is 0. The van der Waals surface area contributed by atoms with Gasteiger partial charge in [-0.15, -0.1) is 0 Å². The Kier molecular flexibility index (Phi) is 8.99. The van der Waals surface area contributed by atoms with Crippen molar-refractivity contribution >= 4 is 12.0 Å². The summed E-state index contributed by atoms with van der Waals surface area (Å²) in [6.45, 7) is 11.2. The molecule has 0 N–H and O–H groups in total. The van der Waals surface area contributed by atoms with Crippen LogP contribution in [0.4, 0.5) is 0 Å². The first kappa shape index (κ1) is 23.7. The van der Waals surface area contributed by atoms with Crippen LogP contribution in [0.1, 0.15) is 36.7 Å². The van der Waals surface area contributed by atoms with E-state index in [1.54, 1.807) is 12.1 Å². The molecular formula is C26H34N2O4. The van der Waals surface area contributed by atoms with E-state index in [1.165, 1.54) is 5.56 Å². The Balaban J connectivity index is 1.64. The van der Waals surface area contributed by atoms with Crippen molar-refractivity contribution < 1.29 is 19.0 Å². The number of ether oxygens (including phenoxy) is 3. The van der Waals surface area contributed by atoms with Gasteiger partial charge in [0.25, 0.3) is 5.91 Å². The number of piperazine rings is 1. The summed E-state index contributed by atoms with van der Waals surface area (Å²) in [4.78, 5) is 17.5. The summed E-state index contributed by atoms with van der Waals surface area (Å²) in [5.74, 6) is 1.65. The molecule has 0 radical (unpaired) electrons. The molecule has 32 heavy (non-hydrogen) atoms. The van der Waals surface area contributed by atoms with Crippen LogP contribution in [0.3, 0.4) is 0 Å². The Morgan fingerprint density at radius 3 is 2.03 bits per heavy atom. The number of carbonyl (C=O) groups is 1. The highest BCUT2D eigenvalue weighted by atomic mass is 16.5. The molecule has 1 aliphatic rings. The van der Waals surface area contributed by atoms with Crippen molar-refractivity contribution in [3.8, 4) is 17.2 Å². The second kappa shape index (κ2) is 12.2. The van der Waals surface area contributed by atoms with Crippen molar-refractivity contribution in [2.45, 2.75) is 20.8 Å². The fraction of sp³-hybridized carbons (Fsp3) is 0.423. The van der Waals surface area contributed by atoms with Crippen LogP contribution in [-0.4, -0.2) is 68.3 Å². The van der Waals surface area contributed by atoms with Gasteiger partial charge in [0.2, 0.25) is 5.75 Å². The lowest BCUT2D eigenvalue weighted by Gasteiger charge is -2.34. The van der Waals surface area contributed by atoms with Gasteiger partial charge in [0.1, 0.15) is 0 Å². The van der Waals surface area contributed by atoms with Crippen molar-refractivity contribution in [1.29, 1.82) is 0 Å². The zero-order chi connectivity index (χ0) is 22.8. The van der Waals surface area contributed by atoms with Crippen molar-refractivity contribution in [2.24, 2.45) is 0 Å². The Labute approximate surface area is 191 Å². The van der Waals surface area contributed by atoms with Gasteiger partial charge in [0.15, 0.2) is 11.5 Å². The van der Waals surface area contributed by atoms with Gasteiger partial charge in [-0.1, -0.05) is 42.5 Å². The van der Waals surface area contributed by atoms with Crippen LogP contribution in [-0.2, 0) is 0 Å². The molecular weight excluding hydrogens is 404 g/mol. The van der Waals surface area contributed by atoms with Gasteiger partial charge in [-0.05, 0) is 38.5 Å². The molecule has 172 valence electrons. The van der Waals surface area contributed by atoms with Crippen LogP contribution < -0.4 is 14.2 Å². The number of nitrogens with zero attached hydrogens (tertiary/aromatic N) is 2. The van der Waals surface area contributed by atoms with Crippen molar-refractivity contribution in [3.05, 3.63) is 59.7 Å². The molecule has 6 nitrogen and oxygen atoms in total. The Bertz CT molecular complexity index is 863. The van der Waals surface area contributed by atoms with E-state index in [-0.39, 0.29) is 5.91 Å². The van der Waals surface area contributed by atoms with Crippen molar-refractivity contribution in [2.75, 3.05) is 52.5 Å². The molecule has 1 saturated heterocycles. The molecule has 1 aliphatic heterocycles. The highest BCUT2D eigenvalue weighted by molar-refractivity contribution is 5.95. The lowest BCUT2D eigenvalue weighted by atomic mass is 10.1. The standard InChI is InChI=1S/C26H34N2O4/c1-4-30-23-19-22(20-24(31-5-2)25(23)32-6-3)26(29)28-17-15-27(16-18-28)14-10-13-21-11-8-7-9-12-21/h7-13,19-20H,4-6,14-18H2,1-3H3/b13-10-. The van der Waals surface area contributed by atoms with Gasteiger partial charge < -0.3 is 19.1 Å². The van der Waals surface area contributed by atoms with Crippen LogP contribution in [0.2, 0.25) is 0 Å². The third-order valence-electron chi connectivity index (χ3n) is 5.29. The summed E-state index contributed by atoms with van der Waals surface area (Å²) < 4.78 is 17.3. The van der Waals surface area contributed by atoms with Gasteiger partial charge in [0, 0.05) is 38.3 Å². The second-order valence-corrected chi connectivity index (χ2v) is 7.51.